The van der Waals surface area contributed by atoms with E-state index in [9.17, 15) is 7.68 Å². The summed E-state index contributed by atoms with van der Waals surface area (Å²) in [7, 11) is -14.1. The van der Waals surface area contributed by atoms with E-state index in [1.165, 1.54) is 13.8 Å². The minimum Gasteiger partial charge on any atom is -0.457 e. The largest absolute Gasteiger partial charge is 0.457 e. The highest BCUT2D eigenvalue weighted by Gasteiger charge is 2.49. The quantitative estimate of drug-likeness (QED) is 0.109. The van der Waals surface area contributed by atoms with Crippen LogP contribution < -0.4 is 25.5 Å². The number of para-hydroxylation sites is 6. The van der Waals surface area contributed by atoms with Crippen molar-refractivity contribution < 1.29 is 11.6 Å². The number of fused-ring (bicyclic) bond motifs is 7. The molecule has 4 nitrogen and oxygen atoms in total. The Morgan fingerprint density at radius 1 is 0.632 bits per heavy atom. The highest BCUT2D eigenvalue weighted by Crippen LogP contribution is 2.49. The standard InChI is InChI=1S/C50H47N3OSi3/c1-34(2)55-50(56-35(3)4)40-25-11-16-31-46(40)54-48-41(50)26-18-32-47(48)57(37-20-7-5-8-21-37,38-22-9-6-10-23-38)39-24-17-19-36(33-39)52-44-29-14-15-30-45(44)53-43-28-13-12-27-42(43)51-49(52)53/h5-35H,55-56H2,1-4H3/i1D3,34D,35D,55D2,56D2. The molecule has 9 aromatic rings. The molecule has 280 valence electrons. The van der Waals surface area contributed by atoms with Crippen LogP contribution in [0.3, 0.4) is 0 Å². The summed E-state index contributed by atoms with van der Waals surface area (Å²) in [6, 6.07) is 57.3. The van der Waals surface area contributed by atoms with Crippen molar-refractivity contribution in [2.24, 2.45) is 0 Å². The molecule has 0 radical (unpaired) electrons. The molecule has 2 aromatic heterocycles. The van der Waals surface area contributed by atoms with Gasteiger partial charge in [-0.2, -0.15) is 0 Å². The molecule has 10 rings (SSSR count). The van der Waals surface area contributed by atoms with Crippen LogP contribution in [0.1, 0.15) is 45.6 Å². The number of aromatic nitrogens is 3. The van der Waals surface area contributed by atoms with E-state index in [1.54, 1.807) is 36.4 Å². The van der Waals surface area contributed by atoms with Gasteiger partial charge in [0.15, 0.2) is 8.07 Å². The van der Waals surface area contributed by atoms with E-state index in [0.29, 0.717) is 5.19 Å². The first-order valence-electron chi connectivity index (χ1n) is 23.8. The van der Waals surface area contributed by atoms with Crippen LogP contribution in [-0.2, 0) is 4.66 Å². The van der Waals surface area contributed by atoms with Crippen LogP contribution in [0.15, 0.2) is 176 Å². The Morgan fingerprint density at radius 2 is 1.23 bits per heavy atom. The van der Waals surface area contributed by atoms with Gasteiger partial charge in [-0.05, 0) is 74.3 Å². The first-order valence-corrected chi connectivity index (χ1v) is 23.3. The van der Waals surface area contributed by atoms with Crippen molar-refractivity contribution in [3.63, 3.8) is 0 Å². The third-order valence-corrected chi connectivity index (χ3v) is 19.4. The fraction of sp³-hybridized carbons (Fsp3) is 0.140. The number of imidazole rings is 2. The van der Waals surface area contributed by atoms with Crippen molar-refractivity contribution in [2.75, 3.05) is 0 Å². The van der Waals surface area contributed by atoms with E-state index in [0.717, 1.165) is 56.0 Å². The normalized spacial score (nSPS) is 19.6. The van der Waals surface area contributed by atoms with Gasteiger partial charge in [-0.1, -0.05) is 172 Å². The molecule has 2 unspecified atom stereocenters. The fourth-order valence-electron chi connectivity index (χ4n) is 9.14. The second kappa shape index (κ2) is 14.0. The summed E-state index contributed by atoms with van der Waals surface area (Å²) >= 11 is 0. The molecule has 1 aliphatic heterocycles. The number of benzene rings is 7. The predicted octanol–water partition coefficient (Wildman–Crippen LogP) is 8.11. The molecule has 7 heteroatoms. The summed E-state index contributed by atoms with van der Waals surface area (Å²) in [6.45, 7) is 0.860. The highest BCUT2D eigenvalue weighted by atomic mass is 28.3. The van der Waals surface area contributed by atoms with Gasteiger partial charge in [0.2, 0.25) is 5.78 Å². The van der Waals surface area contributed by atoms with E-state index in [1.807, 2.05) is 78.9 Å². The lowest BCUT2D eigenvalue weighted by atomic mass is 9.98. The Morgan fingerprint density at radius 3 is 1.96 bits per heavy atom. The summed E-state index contributed by atoms with van der Waals surface area (Å²) in [4.78, 5) is 5.18. The van der Waals surface area contributed by atoms with Gasteiger partial charge < -0.3 is 4.74 Å². The number of hydrogen-bond acceptors (Lipinski definition) is 2. The van der Waals surface area contributed by atoms with Gasteiger partial charge in [0.1, 0.15) is 11.5 Å². The number of nitrogens with zero attached hydrogens (tertiary/aromatic N) is 3. The molecule has 1 aliphatic rings. The molecule has 3 heterocycles. The van der Waals surface area contributed by atoms with Crippen LogP contribution in [-0.4, -0.2) is 45.7 Å². The zero-order valence-corrected chi connectivity index (χ0v) is 35.0. The van der Waals surface area contributed by atoms with Crippen LogP contribution in [0.5, 0.6) is 11.5 Å². The molecular weight excluding hydrogens is 743 g/mol. The van der Waals surface area contributed by atoms with Crippen molar-refractivity contribution in [2.45, 2.75) is 43.3 Å². The lowest BCUT2D eigenvalue weighted by molar-refractivity contribution is 0.454. The van der Waals surface area contributed by atoms with Crippen LogP contribution in [0.25, 0.3) is 33.5 Å². The molecule has 0 amide bonds. The second-order valence-corrected chi connectivity index (χ2v) is 23.0. The van der Waals surface area contributed by atoms with Gasteiger partial charge in [0, 0.05) is 40.9 Å². The minimum absolute atomic E-state index is 0.148. The maximum atomic E-state index is 10.3. The van der Waals surface area contributed by atoms with Gasteiger partial charge >= 0.3 is 0 Å². The highest BCUT2D eigenvalue weighted by molar-refractivity contribution is 7.20. The Kier molecular flexibility index (Phi) is 6.64. The summed E-state index contributed by atoms with van der Waals surface area (Å²) in [5.41, 5.74) is 0.353. The van der Waals surface area contributed by atoms with Gasteiger partial charge in [-0.15, -0.1) is 0 Å². The lowest BCUT2D eigenvalue weighted by Gasteiger charge is -2.45. The van der Waals surface area contributed by atoms with E-state index < -0.39 is 49.4 Å². The molecule has 0 saturated carbocycles. The Hall–Kier alpha value is -5.74. The monoisotopic (exact) mass is 798 g/mol. The van der Waals surface area contributed by atoms with Crippen molar-refractivity contribution >= 4 is 75.4 Å². The van der Waals surface area contributed by atoms with Crippen LogP contribution >= 0.6 is 0 Å². The smallest absolute Gasteiger partial charge is 0.220 e. The molecule has 0 fully saturated rings. The predicted molar refractivity (Wildman–Crippen MR) is 248 cm³/mol. The molecule has 0 spiro atoms. The van der Waals surface area contributed by atoms with Crippen molar-refractivity contribution in [3.05, 3.63) is 187 Å². The van der Waals surface area contributed by atoms with Crippen molar-refractivity contribution in [1.29, 1.82) is 4.94 Å². The zero-order chi connectivity index (χ0) is 46.7. The van der Waals surface area contributed by atoms with Gasteiger partial charge in [0.25, 0.3) is 0 Å². The van der Waals surface area contributed by atoms with Gasteiger partial charge in [0.05, 0.1) is 22.1 Å². The van der Waals surface area contributed by atoms with Crippen LogP contribution in [0, 0.1) is 0 Å². The average molecular weight is 799 g/mol. The van der Waals surface area contributed by atoms with E-state index >= 15 is 0 Å². The maximum absolute atomic E-state index is 10.3. The number of ether oxygens (including phenoxy) is 1. The SMILES string of the molecule is [2H]C([2H])([2H])C([2H])(C)[Si]([2H])([2H])C1([Si]([2H])([2H])C([2H])(C)C)c2ccccc2Oc2c1cccc2[Si](c1ccccc1)(c1ccccc1)c1cccc(-n2c3ccccc3n3c4ccccc4nc23)c1. The summed E-state index contributed by atoms with van der Waals surface area (Å²) < 4.78 is 95.6. The van der Waals surface area contributed by atoms with Crippen LogP contribution in [0.2, 0.25) is 11.0 Å². The molecule has 0 aliphatic carbocycles. The van der Waals surface area contributed by atoms with Crippen molar-refractivity contribution in [3.8, 4) is 17.2 Å². The van der Waals surface area contributed by atoms with Gasteiger partial charge in [-0.3, -0.25) is 8.97 Å². The number of hydrogen-bond donors (Lipinski definition) is 0. The van der Waals surface area contributed by atoms with Gasteiger partial charge in [-0.25, -0.2) is 4.98 Å². The molecule has 0 bridgehead atoms. The third-order valence-electron chi connectivity index (χ3n) is 11.2. The van der Waals surface area contributed by atoms with Crippen LogP contribution in [0.4, 0.5) is 0 Å². The molecule has 57 heavy (non-hydrogen) atoms. The molecular formula is C50H47N3OSi3. The summed E-state index contributed by atoms with van der Waals surface area (Å²) in [5.74, 6) is 1.15. The molecule has 2 atom stereocenters. The van der Waals surface area contributed by atoms with Crippen molar-refractivity contribution in [1.82, 2.24) is 14.0 Å². The lowest BCUT2D eigenvalue weighted by Crippen LogP contribution is -2.75. The third kappa shape index (κ3) is 5.55. The Bertz CT molecular complexity index is 3290. The molecule has 0 N–H and O–H groups in total. The summed E-state index contributed by atoms with van der Waals surface area (Å²) in [6.07, 6.45) is 0. The molecule has 0 saturated heterocycles. The average Bonchev–Trinajstić information content (AvgIpc) is 3.83. The Labute approximate surface area is 352 Å². The summed E-state index contributed by atoms with van der Waals surface area (Å²) in [5, 5.41) is 3.58. The first kappa shape index (κ1) is 27.0. The van der Waals surface area contributed by atoms with E-state index in [-0.39, 0.29) is 22.6 Å². The first-order chi connectivity index (χ1) is 31.3. The zero-order valence-electron chi connectivity index (χ0n) is 41.0. The fourth-order valence-corrected chi connectivity index (χ4v) is 18.3. The number of rotatable bonds is 9. The Balaban J connectivity index is 1.36. The topological polar surface area (TPSA) is 31.5 Å². The minimum atomic E-state index is -5.40. The van der Waals surface area contributed by atoms with E-state index in [2.05, 4.69) is 69.6 Å². The second-order valence-electron chi connectivity index (χ2n) is 15.0. The van der Waals surface area contributed by atoms with E-state index in [4.69, 9.17) is 13.8 Å². The molecule has 7 aromatic carbocycles. The maximum Gasteiger partial charge on any atom is 0.220 e.